The van der Waals surface area contributed by atoms with Crippen molar-refractivity contribution in [3.63, 3.8) is 0 Å². The van der Waals surface area contributed by atoms with Crippen molar-refractivity contribution >= 4 is 6.03 Å². The third-order valence-electron chi connectivity index (χ3n) is 5.95. The second kappa shape index (κ2) is 9.50. The highest BCUT2D eigenvalue weighted by molar-refractivity contribution is 5.73. The first kappa shape index (κ1) is 22.6. The fourth-order valence-corrected chi connectivity index (χ4v) is 4.12. The van der Waals surface area contributed by atoms with Crippen molar-refractivity contribution in [1.29, 1.82) is 0 Å². The summed E-state index contributed by atoms with van der Waals surface area (Å²) in [6.07, 6.45) is 1.44. The number of ether oxygens (including phenoxy) is 2. The summed E-state index contributed by atoms with van der Waals surface area (Å²) < 4.78 is 26.6. The molecule has 33 heavy (non-hydrogen) atoms. The van der Waals surface area contributed by atoms with E-state index < -0.39 is 11.8 Å². The number of piperidine rings is 1. The van der Waals surface area contributed by atoms with Gasteiger partial charge in [0.15, 0.2) is 11.6 Å². The van der Waals surface area contributed by atoms with Gasteiger partial charge in [0.2, 0.25) is 0 Å². The fourth-order valence-electron chi connectivity index (χ4n) is 4.12. The minimum absolute atomic E-state index is 0.138. The van der Waals surface area contributed by atoms with Crippen LogP contribution in [0.15, 0.2) is 48.5 Å². The molecule has 3 aromatic rings. The Bertz CT molecular complexity index is 1120. The van der Waals surface area contributed by atoms with Crippen LogP contribution >= 0.6 is 0 Å². The molecule has 9 heteroatoms. The lowest BCUT2D eigenvalue weighted by Crippen LogP contribution is -2.43. The van der Waals surface area contributed by atoms with Gasteiger partial charge in [0.1, 0.15) is 5.75 Å². The number of carbonyl (C=O) groups excluding carboxylic acids is 1. The van der Waals surface area contributed by atoms with E-state index in [-0.39, 0.29) is 11.7 Å². The first-order chi connectivity index (χ1) is 15.9. The van der Waals surface area contributed by atoms with Crippen LogP contribution in [0.1, 0.15) is 24.5 Å². The molecule has 2 heterocycles. The van der Waals surface area contributed by atoms with E-state index in [1.165, 1.54) is 20.2 Å². The van der Waals surface area contributed by atoms with E-state index in [4.69, 9.17) is 14.6 Å². The molecule has 4 rings (SSSR count). The maximum absolute atomic E-state index is 14.5. The van der Waals surface area contributed by atoms with Gasteiger partial charge in [0, 0.05) is 31.6 Å². The zero-order valence-corrected chi connectivity index (χ0v) is 18.9. The normalized spacial score (nSPS) is 14.3. The monoisotopic (exact) mass is 454 g/mol. The largest absolute Gasteiger partial charge is 0.497 e. The Hall–Kier alpha value is -3.59. The summed E-state index contributed by atoms with van der Waals surface area (Å²) in [4.78, 5) is 13.7. The molecule has 1 N–H and O–H groups in total. The van der Waals surface area contributed by atoms with E-state index in [9.17, 15) is 14.4 Å². The van der Waals surface area contributed by atoms with E-state index in [2.05, 4.69) is 0 Å². The molecule has 0 bridgehead atoms. The molecule has 174 valence electrons. The molecule has 1 aliphatic rings. The number of aromatic nitrogens is 2. The Labute approximate surface area is 191 Å². The minimum Gasteiger partial charge on any atom is -0.497 e. The summed E-state index contributed by atoms with van der Waals surface area (Å²) in [6.45, 7) is 1.05. The molecule has 0 radical (unpaired) electrons. The van der Waals surface area contributed by atoms with E-state index in [0.29, 0.717) is 23.7 Å². The van der Waals surface area contributed by atoms with Gasteiger partial charge < -0.3 is 14.4 Å². The van der Waals surface area contributed by atoms with Gasteiger partial charge in [0.25, 0.3) is 0 Å². The second-order valence-electron chi connectivity index (χ2n) is 7.98. The zero-order valence-electron chi connectivity index (χ0n) is 18.9. The number of nitrogens with zero attached hydrogens (tertiary/aromatic N) is 4. The van der Waals surface area contributed by atoms with Crippen molar-refractivity contribution in [3.05, 3.63) is 60.0 Å². The van der Waals surface area contributed by atoms with Crippen molar-refractivity contribution in [2.75, 3.05) is 34.4 Å². The lowest BCUT2D eigenvalue weighted by molar-refractivity contribution is -0.0356. The fraction of sp³-hybridized carbons (Fsp3) is 0.333. The van der Waals surface area contributed by atoms with Crippen LogP contribution in [-0.2, 0) is 0 Å². The topological polar surface area (TPSA) is 80.1 Å². The summed E-state index contributed by atoms with van der Waals surface area (Å²) >= 11 is 0. The maximum Gasteiger partial charge on any atom is 0.343 e. The highest BCUT2D eigenvalue weighted by Crippen LogP contribution is 2.34. The van der Waals surface area contributed by atoms with Gasteiger partial charge in [-0.2, -0.15) is 5.10 Å². The van der Waals surface area contributed by atoms with Gasteiger partial charge >= 0.3 is 6.03 Å². The van der Waals surface area contributed by atoms with Gasteiger partial charge in [-0.1, -0.05) is 0 Å². The minimum atomic E-state index is -0.445. The van der Waals surface area contributed by atoms with Crippen LogP contribution in [0.25, 0.3) is 16.9 Å². The molecule has 8 nitrogen and oxygen atoms in total. The molecular weight excluding hydrogens is 427 g/mol. The third-order valence-corrected chi connectivity index (χ3v) is 5.95. The van der Waals surface area contributed by atoms with Crippen LogP contribution in [0, 0.1) is 5.82 Å². The lowest BCUT2D eigenvalue weighted by Gasteiger charge is -2.32. The van der Waals surface area contributed by atoms with Crippen LogP contribution < -0.4 is 9.47 Å². The second-order valence-corrected chi connectivity index (χ2v) is 7.98. The number of urea groups is 1. The summed E-state index contributed by atoms with van der Waals surface area (Å²) in [5.41, 5.74) is 3.13. The Morgan fingerprint density at radius 2 is 1.79 bits per heavy atom. The number of carbonyl (C=O) groups is 1. The van der Waals surface area contributed by atoms with Crippen LogP contribution in [0.2, 0.25) is 0 Å². The van der Waals surface area contributed by atoms with Gasteiger partial charge in [0.05, 0.1) is 31.3 Å². The van der Waals surface area contributed by atoms with Crippen molar-refractivity contribution in [2.24, 2.45) is 0 Å². The van der Waals surface area contributed by atoms with Crippen LogP contribution in [0.4, 0.5) is 9.18 Å². The number of likely N-dealkylation sites (tertiary alicyclic amines) is 1. The molecule has 1 fully saturated rings. The first-order valence-electron chi connectivity index (χ1n) is 10.7. The van der Waals surface area contributed by atoms with Crippen molar-refractivity contribution in [2.45, 2.75) is 18.8 Å². The number of hydroxylamine groups is 2. The van der Waals surface area contributed by atoms with Crippen molar-refractivity contribution in [3.8, 4) is 28.4 Å². The molecule has 0 saturated carbocycles. The SMILES string of the molecule is COc1ccc(-n2nc(C3CCN(C(=O)N(C)O)CC3)cc2-c2ccc(OC)c(F)c2)cc1. The van der Waals surface area contributed by atoms with E-state index >= 15 is 0 Å². The van der Waals surface area contributed by atoms with Crippen LogP contribution in [0.5, 0.6) is 11.5 Å². The Balaban J connectivity index is 1.68. The third kappa shape index (κ3) is 4.63. The molecule has 1 aliphatic heterocycles. The highest BCUT2D eigenvalue weighted by Gasteiger charge is 2.28. The average molecular weight is 455 g/mol. The molecule has 0 unspecified atom stereocenters. The Kier molecular flexibility index (Phi) is 6.50. The standard InChI is InChI=1S/C24H27FN4O4/c1-27(31)24(30)28-12-10-16(11-13-28)21-15-22(17-4-9-23(33-3)20(25)14-17)29(26-21)18-5-7-19(32-2)8-6-18/h4-9,14-16,31H,10-13H2,1-3H3. The average Bonchev–Trinajstić information content (AvgIpc) is 3.29. The van der Waals surface area contributed by atoms with E-state index in [0.717, 1.165) is 35.7 Å². The molecule has 2 amide bonds. The van der Waals surface area contributed by atoms with Crippen LogP contribution in [0.3, 0.4) is 0 Å². The Morgan fingerprint density at radius 3 is 2.36 bits per heavy atom. The summed E-state index contributed by atoms with van der Waals surface area (Å²) in [5, 5.41) is 14.9. The van der Waals surface area contributed by atoms with Crippen molar-refractivity contribution in [1.82, 2.24) is 19.7 Å². The number of amides is 2. The summed E-state index contributed by atoms with van der Waals surface area (Å²) in [6, 6.07) is 13.9. The zero-order chi connectivity index (χ0) is 23.5. The van der Waals surface area contributed by atoms with Gasteiger partial charge in [-0.3, -0.25) is 5.21 Å². The molecule has 0 aliphatic carbocycles. The molecule has 0 spiro atoms. The molecule has 0 atom stereocenters. The quantitative estimate of drug-likeness (QED) is 0.459. The highest BCUT2D eigenvalue weighted by atomic mass is 19.1. The predicted octanol–water partition coefficient (Wildman–Crippen LogP) is 4.32. The number of rotatable bonds is 5. The maximum atomic E-state index is 14.5. The first-order valence-corrected chi connectivity index (χ1v) is 10.7. The molecular formula is C24H27FN4O4. The predicted molar refractivity (Wildman–Crippen MR) is 121 cm³/mol. The summed E-state index contributed by atoms with van der Waals surface area (Å²) in [7, 11) is 4.37. The number of hydrogen-bond acceptors (Lipinski definition) is 5. The smallest absolute Gasteiger partial charge is 0.343 e. The lowest BCUT2D eigenvalue weighted by atomic mass is 9.93. The summed E-state index contributed by atoms with van der Waals surface area (Å²) in [5.74, 6) is 0.604. The van der Waals surface area contributed by atoms with Gasteiger partial charge in [-0.15, -0.1) is 0 Å². The van der Waals surface area contributed by atoms with Crippen LogP contribution in [-0.4, -0.2) is 65.3 Å². The number of benzene rings is 2. The van der Waals surface area contributed by atoms with Gasteiger partial charge in [-0.25, -0.2) is 18.9 Å². The molecule has 1 aromatic heterocycles. The van der Waals surface area contributed by atoms with E-state index in [1.54, 1.807) is 28.8 Å². The molecule has 1 saturated heterocycles. The van der Waals surface area contributed by atoms with Gasteiger partial charge in [-0.05, 0) is 61.4 Å². The number of methoxy groups -OCH3 is 2. The number of hydrogen-bond donors (Lipinski definition) is 1. The van der Waals surface area contributed by atoms with Crippen molar-refractivity contribution < 1.29 is 23.9 Å². The Morgan fingerprint density at radius 1 is 1.09 bits per heavy atom. The number of halogens is 1. The van der Waals surface area contributed by atoms with E-state index in [1.807, 2.05) is 30.3 Å². The molecule has 2 aromatic carbocycles.